The maximum Gasteiger partial charge on any atom is 0.269 e. The average Bonchev–Trinajstić information content (AvgIpc) is 2.85. The van der Waals surface area contributed by atoms with Gasteiger partial charge in [-0.3, -0.25) is 34.8 Å². The Balaban J connectivity index is 1.92. The molecule has 0 bridgehead atoms. The molecule has 0 saturated carbocycles. The number of hydrogen-bond donors (Lipinski definition) is 1. The van der Waals surface area contributed by atoms with E-state index in [1.165, 1.54) is 47.4 Å². The van der Waals surface area contributed by atoms with E-state index >= 15 is 0 Å². The normalized spacial score (nSPS) is 23.9. The Hall–Kier alpha value is -2.77. The zero-order chi connectivity index (χ0) is 28.9. The second kappa shape index (κ2) is 10.7. The van der Waals surface area contributed by atoms with E-state index in [9.17, 15) is 28.1 Å². The third-order valence-corrected chi connectivity index (χ3v) is 10.2. The standard InChI is InChI=1S/C25H29Cl2N5O6S/c1-15(2)30-14-25(39(37,38)22-10-7-17(26)12-19(22)27)28-13-21(29(3)4)24(34)31(25)20(23(30)33)11-16-5-8-18(9-6-16)32(35)36/h5-10,12,15,20-21,28H,11,13-14H2,1-4H3. The molecule has 3 unspecified atom stereocenters. The first-order valence-corrected chi connectivity index (χ1v) is 14.4. The molecule has 2 amide bonds. The lowest BCUT2D eigenvalue weighted by Crippen LogP contribution is -2.83. The number of nitrogens with zero attached hydrogens (tertiary/aromatic N) is 4. The predicted octanol–water partition coefficient (Wildman–Crippen LogP) is 2.55. The average molecular weight is 599 g/mol. The molecule has 2 aromatic rings. The molecule has 2 fully saturated rings. The number of carbonyl (C=O) groups is 2. The fourth-order valence-electron chi connectivity index (χ4n) is 5.10. The van der Waals surface area contributed by atoms with E-state index in [4.69, 9.17) is 23.2 Å². The number of likely N-dealkylation sites (N-methyl/N-ethyl adjacent to an activating group) is 1. The van der Waals surface area contributed by atoms with Gasteiger partial charge in [0.2, 0.25) is 26.6 Å². The molecule has 210 valence electrons. The Kier molecular flexibility index (Phi) is 7.99. The Labute approximate surface area is 236 Å². The summed E-state index contributed by atoms with van der Waals surface area (Å²) in [5, 5.41) is 14.4. The van der Waals surface area contributed by atoms with Gasteiger partial charge in [-0.15, -0.1) is 0 Å². The van der Waals surface area contributed by atoms with E-state index in [1.807, 2.05) is 0 Å². The molecule has 4 rings (SSSR count). The first-order valence-electron chi connectivity index (χ1n) is 12.2. The second-order valence-corrected chi connectivity index (χ2v) is 13.1. The third-order valence-electron chi connectivity index (χ3n) is 7.20. The number of carbonyl (C=O) groups excluding carboxylic acids is 2. The van der Waals surface area contributed by atoms with Gasteiger partial charge in [-0.2, -0.15) is 0 Å². The van der Waals surface area contributed by atoms with Crippen molar-refractivity contribution in [3.05, 3.63) is 68.2 Å². The topological polar surface area (TPSA) is 133 Å². The first kappa shape index (κ1) is 29.2. The highest BCUT2D eigenvalue weighted by molar-refractivity contribution is 7.93. The number of nitro groups is 1. The third kappa shape index (κ3) is 5.00. The maximum atomic E-state index is 14.5. The number of amides is 2. The summed E-state index contributed by atoms with van der Waals surface area (Å²) in [4.78, 5) is 40.5. The number of piperazine rings is 1. The molecule has 0 spiro atoms. The van der Waals surface area contributed by atoms with Crippen LogP contribution >= 0.6 is 23.2 Å². The van der Waals surface area contributed by atoms with Crippen molar-refractivity contribution < 1.29 is 22.9 Å². The number of halogens is 2. The first-order chi connectivity index (χ1) is 18.2. The number of sulfone groups is 1. The van der Waals surface area contributed by atoms with Crippen LogP contribution in [0, 0.1) is 10.1 Å². The van der Waals surface area contributed by atoms with Gasteiger partial charge < -0.3 is 4.90 Å². The van der Waals surface area contributed by atoms with Crippen molar-refractivity contribution in [3.8, 4) is 0 Å². The lowest BCUT2D eigenvalue weighted by atomic mass is 9.95. The summed E-state index contributed by atoms with van der Waals surface area (Å²) >= 11 is 12.4. The summed E-state index contributed by atoms with van der Waals surface area (Å²) in [6.07, 6.45) is -0.0563. The molecule has 39 heavy (non-hydrogen) atoms. The lowest BCUT2D eigenvalue weighted by Gasteiger charge is -2.57. The molecule has 0 aromatic heterocycles. The van der Waals surface area contributed by atoms with Crippen LogP contribution in [0.2, 0.25) is 10.0 Å². The molecule has 14 heteroatoms. The minimum atomic E-state index is -4.44. The molecule has 3 atom stereocenters. The van der Waals surface area contributed by atoms with Crippen LogP contribution in [0.25, 0.3) is 0 Å². The summed E-state index contributed by atoms with van der Waals surface area (Å²) in [6.45, 7) is 3.21. The van der Waals surface area contributed by atoms with E-state index in [0.717, 1.165) is 4.90 Å². The molecule has 0 aliphatic carbocycles. The highest BCUT2D eigenvalue weighted by atomic mass is 35.5. The molecule has 1 N–H and O–H groups in total. The van der Waals surface area contributed by atoms with Gasteiger partial charge in [-0.25, -0.2) is 8.42 Å². The van der Waals surface area contributed by atoms with Crippen molar-refractivity contribution in [2.24, 2.45) is 0 Å². The predicted molar refractivity (Wildman–Crippen MR) is 146 cm³/mol. The second-order valence-electron chi connectivity index (χ2n) is 10.1. The van der Waals surface area contributed by atoms with Gasteiger partial charge in [0, 0.05) is 36.2 Å². The van der Waals surface area contributed by atoms with E-state index in [2.05, 4.69) is 5.32 Å². The molecule has 2 heterocycles. The minimum Gasteiger partial charge on any atom is -0.334 e. The van der Waals surface area contributed by atoms with Crippen molar-refractivity contribution in [3.63, 3.8) is 0 Å². The van der Waals surface area contributed by atoms with Crippen LogP contribution in [-0.2, 0) is 25.8 Å². The van der Waals surface area contributed by atoms with Crippen LogP contribution in [0.15, 0.2) is 47.4 Å². The number of benzene rings is 2. The summed E-state index contributed by atoms with van der Waals surface area (Å²) in [6, 6.07) is 7.25. The van der Waals surface area contributed by atoms with Gasteiger partial charge in [-0.05, 0) is 51.7 Å². The zero-order valence-electron chi connectivity index (χ0n) is 21.8. The fraction of sp³-hybridized carbons (Fsp3) is 0.440. The molecule has 11 nitrogen and oxygen atoms in total. The van der Waals surface area contributed by atoms with E-state index in [0.29, 0.717) is 5.56 Å². The highest BCUT2D eigenvalue weighted by Gasteiger charge is 2.63. The number of non-ortho nitro benzene ring substituents is 1. The van der Waals surface area contributed by atoms with Gasteiger partial charge in [0.1, 0.15) is 12.1 Å². The van der Waals surface area contributed by atoms with Crippen molar-refractivity contribution >= 4 is 50.5 Å². The summed E-state index contributed by atoms with van der Waals surface area (Å²) in [7, 11) is -1.06. The van der Waals surface area contributed by atoms with Crippen LogP contribution in [0.3, 0.4) is 0 Å². The number of rotatable bonds is 7. The Bertz CT molecular complexity index is 1420. The number of fused-ring (bicyclic) bond motifs is 1. The molecule has 2 aromatic carbocycles. The molecule has 2 aliphatic heterocycles. The molecular formula is C25H29Cl2N5O6S. The Morgan fingerprint density at radius 3 is 2.31 bits per heavy atom. The van der Waals surface area contributed by atoms with Crippen molar-refractivity contribution in [1.82, 2.24) is 20.0 Å². The van der Waals surface area contributed by atoms with Crippen LogP contribution in [0.5, 0.6) is 0 Å². The van der Waals surface area contributed by atoms with Gasteiger partial charge in [0.05, 0.1) is 21.4 Å². The van der Waals surface area contributed by atoms with Crippen LogP contribution in [-0.4, -0.2) is 90.2 Å². The van der Waals surface area contributed by atoms with E-state index < -0.39 is 49.7 Å². The summed E-state index contributed by atoms with van der Waals surface area (Å²) in [5.41, 5.74) is 0.398. The van der Waals surface area contributed by atoms with Gasteiger partial charge >= 0.3 is 0 Å². The summed E-state index contributed by atoms with van der Waals surface area (Å²) in [5.74, 6) is -0.956. The zero-order valence-corrected chi connectivity index (χ0v) is 24.1. The molecular weight excluding hydrogens is 569 g/mol. The SMILES string of the molecule is CC(C)N1CC2(S(=O)(=O)c3ccc(Cl)cc3Cl)NCC(N(C)C)C(=O)N2C(Cc2ccc([N+](=O)[O-])cc2)C1=O. The highest BCUT2D eigenvalue weighted by Crippen LogP contribution is 2.41. The lowest BCUT2D eigenvalue weighted by molar-refractivity contribution is -0.384. The van der Waals surface area contributed by atoms with Gasteiger partial charge in [0.25, 0.3) is 5.69 Å². The monoisotopic (exact) mass is 597 g/mol. The fourth-order valence-corrected chi connectivity index (χ4v) is 7.79. The van der Waals surface area contributed by atoms with Crippen molar-refractivity contribution in [2.45, 2.75) is 48.3 Å². The van der Waals surface area contributed by atoms with E-state index in [-0.39, 0.29) is 40.1 Å². The molecule has 2 saturated heterocycles. The molecule has 0 radical (unpaired) electrons. The maximum absolute atomic E-state index is 14.5. The quantitative estimate of drug-likeness (QED) is 0.380. The number of nitro benzene ring substituents is 1. The van der Waals surface area contributed by atoms with Crippen LogP contribution < -0.4 is 5.32 Å². The minimum absolute atomic E-state index is 0.0111. The van der Waals surface area contributed by atoms with Crippen LogP contribution in [0.1, 0.15) is 19.4 Å². The van der Waals surface area contributed by atoms with Crippen molar-refractivity contribution in [2.75, 3.05) is 27.2 Å². The van der Waals surface area contributed by atoms with Crippen LogP contribution in [0.4, 0.5) is 5.69 Å². The number of nitrogens with one attached hydrogen (secondary N) is 1. The Morgan fingerprint density at radius 1 is 1.13 bits per heavy atom. The molecule has 2 aliphatic rings. The smallest absolute Gasteiger partial charge is 0.269 e. The van der Waals surface area contributed by atoms with Gasteiger partial charge in [0.15, 0.2) is 0 Å². The van der Waals surface area contributed by atoms with E-state index in [1.54, 1.807) is 32.8 Å². The van der Waals surface area contributed by atoms with Crippen molar-refractivity contribution in [1.29, 1.82) is 0 Å². The summed E-state index contributed by atoms with van der Waals surface area (Å²) < 4.78 is 29.0. The number of hydrogen-bond acceptors (Lipinski definition) is 8. The largest absolute Gasteiger partial charge is 0.334 e. The Morgan fingerprint density at radius 2 is 1.77 bits per heavy atom. The van der Waals surface area contributed by atoms with Gasteiger partial charge in [-0.1, -0.05) is 35.3 Å².